The molecular formula is C13H22N2O. The Kier molecular flexibility index (Phi) is 4.16. The SMILES string of the molecule is CCCCN(C)C(=O)c1cc(C)n(C)c1C. The second kappa shape index (κ2) is 5.19. The fraction of sp³-hybridized carbons (Fsp3) is 0.615. The fourth-order valence-corrected chi connectivity index (χ4v) is 1.77. The van der Waals surface area contributed by atoms with Crippen LogP contribution in [0.15, 0.2) is 6.07 Å². The summed E-state index contributed by atoms with van der Waals surface area (Å²) in [6.45, 7) is 6.99. The highest BCUT2D eigenvalue weighted by Crippen LogP contribution is 2.15. The first-order valence-electron chi connectivity index (χ1n) is 5.87. The van der Waals surface area contributed by atoms with E-state index < -0.39 is 0 Å². The molecule has 0 unspecified atom stereocenters. The summed E-state index contributed by atoms with van der Waals surface area (Å²) in [6, 6.07) is 1.97. The summed E-state index contributed by atoms with van der Waals surface area (Å²) < 4.78 is 2.06. The zero-order chi connectivity index (χ0) is 12.3. The lowest BCUT2D eigenvalue weighted by atomic mass is 10.2. The molecule has 0 aliphatic carbocycles. The van der Waals surface area contributed by atoms with E-state index in [0.29, 0.717) is 0 Å². The van der Waals surface area contributed by atoms with Gasteiger partial charge in [-0.2, -0.15) is 0 Å². The Balaban J connectivity index is 2.84. The van der Waals surface area contributed by atoms with Gasteiger partial charge in [0.05, 0.1) is 5.56 Å². The van der Waals surface area contributed by atoms with Crippen LogP contribution >= 0.6 is 0 Å². The van der Waals surface area contributed by atoms with Crippen molar-refractivity contribution in [1.29, 1.82) is 0 Å². The van der Waals surface area contributed by atoms with E-state index in [1.165, 1.54) is 0 Å². The van der Waals surface area contributed by atoms with Crippen LogP contribution in [-0.4, -0.2) is 29.0 Å². The van der Waals surface area contributed by atoms with E-state index in [-0.39, 0.29) is 5.91 Å². The summed E-state index contributed by atoms with van der Waals surface area (Å²) in [5.74, 6) is 0.134. The summed E-state index contributed by atoms with van der Waals surface area (Å²) >= 11 is 0. The molecule has 0 saturated heterocycles. The molecule has 1 aromatic rings. The van der Waals surface area contributed by atoms with Gasteiger partial charge in [0, 0.05) is 32.0 Å². The van der Waals surface area contributed by atoms with Crippen LogP contribution in [0.5, 0.6) is 0 Å². The van der Waals surface area contributed by atoms with Gasteiger partial charge >= 0.3 is 0 Å². The Morgan fingerprint density at radius 2 is 2.06 bits per heavy atom. The molecule has 0 aromatic carbocycles. The standard InChI is InChI=1S/C13H22N2O/c1-6-7-8-14(4)13(16)12-9-10(2)15(5)11(12)3/h9H,6-8H2,1-5H3. The molecular weight excluding hydrogens is 200 g/mol. The van der Waals surface area contributed by atoms with Crippen LogP contribution in [0.25, 0.3) is 0 Å². The number of aryl methyl sites for hydroxylation is 1. The van der Waals surface area contributed by atoms with E-state index in [1.54, 1.807) is 0 Å². The van der Waals surface area contributed by atoms with Crippen molar-refractivity contribution in [2.75, 3.05) is 13.6 Å². The van der Waals surface area contributed by atoms with Gasteiger partial charge in [0.25, 0.3) is 5.91 Å². The highest BCUT2D eigenvalue weighted by molar-refractivity contribution is 5.95. The second-order valence-electron chi connectivity index (χ2n) is 4.42. The molecule has 0 aliphatic rings. The van der Waals surface area contributed by atoms with E-state index in [0.717, 1.165) is 36.3 Å². The number of nitrogens with zero attached hydrogens (tertiary/aromatic N) is 2. The smallest absolute Gasteiger partial charge is 0.255 e. The summed E-state index contributed by atoms with van der Waals surface area (Å²) in [6.07, 6.45) is 2.18. The van der Waals surface area contributed by atoms with Gasteiger partial charge in [0.15, 0.2) is 0 Å². The average molecular weight is 222 g/mol. The van der Waals surface area contributed by atoms with Crippen molar-refractivity contribution in [3.8, 4) is 0 Å². The van der Waals surface area contributed by atoms with Gasteiger partial charge in [-0.25, -0.2) is 0 Å². The monoisotopic (exact) mass is 222 g/mol. The third-order valence-electron chi connectivity index (χ3n) is 3.20. The van der Waals surface area contributed by atoms with Crippen LogP contribution in [0.2, 0.25) is 0 Å². The first-order chi connectivity index (χ1) is 7.49. The number of rotatable bonds is 4. The van der Waals surface area contributed by atoms with Crippen LogP contribution in [0.4, 0.5) is 0 Å². The molecule has 3 nitrogen and oxygen atoms in total. The Morgan fingerprint density at radius 3 is 2.50 bits per heavy atom. The van der Waals surface area contributed by atoms with E-state index in [1.807, 2.05) is 38.9 Å². The normalized spacial score (nSPS) is 10.6. The van der Waals surface area contributed by atoms with Crippen molar-refractivity contribution in [3.63, 3.8) is 0 Å². The Morgan fingerprint density at radius 1 is 1.44 bits per heavy atom. The lowest BCUT2D eigenvalue weighted by Crippen LogP contribution is -2.28. The van der Waals surface area contributed by atoms with Crippen molar-refractivity contribution >= 4 is 5.91 Å². The molecule has 1 aromatic heterocycles. The predicted octanol–water partition coefficient (Wildman–Crippen LogP) is 2.51. The predicted molar refractivity (Wildman–Crippen MR) is 66.8 cm³/mol. The molecule has 0 fully saturated rings. The summed E-state index contributed by atoms with van der Waals surface area (Å²) in [5, 5.41) is 0. The molecule has 0 spiro atoms. The number of hydrogen-bond acceptors (Lipinski definition) is 1. The van der Waals surface area contributed by atoms with E-state index in [9.17, 15) is 4.79 Å². The molecule has 0 radical (unpaired) electrons. The highest BCUT2D eigenvalue weighted by atomic mass is 16.2. The van der Waals surface area contributed by atoms with Gasteiger partial charge in [0.2, 0.25) is 0 Å². The number of carbonyl (C=O) groups is 1. The molecule has 0 saturated carbocycles. The van der Waals surface area contributed by atoms with Gasteiger partial charge in [0.1, 0.15) is 0 Å². The Hall–Kier alpha value is -1.25. The number of unbranched alkanes of at least 4 members (excludes halogenated alkanes) is 1. The third-order valence-corrected chi connectivity index (χ3v) is 3.20. The van der Waals surface area contributed by atoms with Crippen LogP contribution in [-0.2, 0) is 7.05 Å². The largest absolute Gasteiger partial charge is 0.351 e. The topological polar surface area (TPSA) is 25.2 Å². The molecule has 1 heterocycles. The minimum Gasteiger partial charge on any atom is -0.351 e. The first-order valence-corrected chi connectivity index (χ1v) is 5.87. The van der Waals surface area contributed by atoms with Gasteiger partial charge in [-0.05, 0) is 26.3 Å². The molecule has 0 atom stereocenters. The summed E-state index contributed by atoms with van der Waals surface area (Å²) in [7, 11) is 3.87. The van der Waals surface area contributed by atoms with Gasteiger partial charge in [-0.1, -0.05) is 13.3 Å². The van der Waals surface area contributed by atoms with Crippen molar-refractivity contribution in [3.05, 3.63) is 23.0 Å². The first kappa shape index (κ1) is 12.8. The summed E-state index contributed by atoms with van der Waals surface area (Å²) in [4.78, 5) is 14.0. The second-order valence-corrected chi connectivity index (χ2v) is 4.42. The number of aromatic nitrogens is 1. The molecule has 1 amide bonds. The number of hydrogen-bond donors (Lipinski definition) is 0. The zero-order valence-corrected chi connectivity index (χ0v) is 11.0. The lowest BCUT2D eigenvalue weighted by molar-refractivity contribution is 0.0792. The minimum atomic E-state index is 0.134. The summed E-state index contributed by atoms with van der Waals surface area (Å²) in [5.41, 5.74) is 3.01. The van der Waals surface area contributed by atoms with E-state index >= 15 is 0 Å². The van der Waals surface area contributed by atoms with Crippen molar-refractivity contribution in [2.45, 2.75) is 33.6 Å². The maximum absolute atomic E-state index is 12.1. The van der Waals surface area contributed by atoms with E-state index in [2.05, 4.69) is 11.5 Å². The quantitative estimate of drug-likeness (QED) is 0.768. The molecule has 1 rings (SSSR count). The third kappa shape index (κ3) is 2.46. The molecule has 0 bridgehead atoms. The minimum absolute atomic E-state index is 0.134. The highest BCUT2D eigenvalue weighted by Gasteiger charge is 2.16. The number of amides is 1. The van der Waals surface area contributed by atoms with Crippen LogP contribution in [0, 0.1) is 13.8 Å². The van der Waals surface area contributed by atoms with Gasteiger partial charge in [-0.3, -0.25) is 4.79 Å². The molecule has 0 N–H and O–H groups in total. The number of carbonyl (C=O) groups excluding carboxylic acids is 1. The molecule has 16 heavy (non-hydrogen) atoms. The van der Waals surface area contributed by atoms with E-state index in [4.69, 9.17) is 0 Å². The van der Waals surface area contributed by atoms with Crippen LogP contribution in [0.1, 0.15) is 41.5 Å². The Labute approximate surface area is 98.1 Å². The van der Waals surface area contributed by atoms with Crippen molar-refractivity contribution in [1.82, 2.24) is 9.47 Å². The lowest BCUT2D eigenvalue weighted by Gasteiger charge is -2.16. The van der Waals surface area contributed by atoms with Crippen LogP contribution < -0.4 is 0 Å². The molecule has 0 aliphatic heterocycles. The molecule has 90 valence electrons. The van der Waals surface area contributed by atoms with Crippen LogP contribution in [0.3, 0.4) is 0 Å². The Bertz CT molecular complexity index is 380. The van der Waals surface area contributed by atoms with Gasteiger partial charge < -0.3 is 9.47 Å². The van der Waals surface area contributed by atoms with Gasteiger partial charge in [-0.15, -0.1) is 0 Å². The average Bonchev–Trinajstić information content (AvgIpc) is 2.52. The fourth-order valence-electron chi connectivity index (χ4n) is 1.77. The molecule has 3 heteroatoms. The van der Waals surface area contributed by atoms with Crippen molar-refractivity contribution in [2.24, 2.45) is 7.05 Å². The maximum Gasteiger partial charge on any atom is 0.255 e. The maximum atomic E-state index is 12.1. The van der Waals surface area contributed by atoms with Crippen molar-refractivity contribution < 1.29 is 4.79 Å². The zero-order valence-electron chi connectivity index (χ0n) is 11.0.